The molecule has 0 saturated heterocycles. The van der Waals surface area contributed by atoms with Crippen LogP contribution in [0.5, 0.6) is 0 Å². The van der Waals surface area contributed by atoms with Crippen LogP contribution in [-0.2, 0) is 0 Å². The molecule has 1 aromatic carbocycles. The molecule has 1 N–H and O–H groups in total. The molecule has 0 bridgehead atoms. The Labute approximate surface area is 74.1 Å². The van der Waals surface area contributed by atoms with Crippen LogP contribution in [0.2, 0.25) is 0 Å². The van der Waals surface area contributed by atoms with Gasteiger partial charge in [0.15, 0.2) is 0 Å². The van der Waals surface area contributed by atoms with Gasteiger partial charge in [-0.15, -0.1) is 0 Å². The number of nitrogens with one attached hydrogen (secondary N) is 1. The average molecular weight is 161 g/mol. The zero-order valence-electron chi connectivity index (χ0n) is 7.89. The van der Waals surface area contributed by atoms with Crippen molar-refractivity contribution < 1.29 is 0 Å². The smallest absolute Gasteiger partial charge is 0.00278 e. The Morgan fingerprint density at radius 1 is 1.33 bits per heavy atom. The van der Waals surface area contributed by atoms with E-state index in [2.05, 4.69) is 43.4 Å². The fraction of sp³-hybridized carbons (Fsp3) is 0.273. The van der Waals surface area contributed by atoms with Crippen LogP contribution in [-0.4, -0.2) is 7.05 Å². The summed E-state index contributed by atoms with van der Waals surface area (Å²) in [7, 11) is 1.92. The van der Waals surface area contributed by atoms with Gasteiger partial charge in [0.2, 0.25) is 0 Å². The first-order chi connectivity index (χ1) is 5.75. The summed E-state index contributed by atoms with van der Waals surface area (Å²) in [6.45, 7) is 4.24. The summed E-state index contributed by atoms with van der Waals surface area (Å²) in [4.78, 5) is 0. The van der Waals surface area contributed by atoms with Gasteiger partial charge in [0.05, 0.1) is 0 Å². The van der Waals surface area contributed by atoms with Gasteiger partial charge >= 0.3 is 0 Å². The second kappa shape index (κ2) is 3.96. The van der Waals surface area contributed by atoms with Gasteiger partial charge in [0.1, 0.15) is 0 Å². The third-order valence-corrected chi connectivity index (χ3v) is 1.93. The summed E-state index contributed by atoms with van der Waals surface area (Å²) < 4.78 is 0. The van der Waals surface area contributed by atoms with Crippen molar-refractivity contribution in [3.05, 3.63) is 41.6 Å². The molecule has 0 aromatic heterocycles. The number of hydrogen-bond acceptors (Lipinski definition) is 1. The first-order valence-electron chi connectivity index (χ1n) is 4.15. The van der Waals surface area contributed by atoms with Crippen LogP contribution in [0.4, 0.5) is 0 Å². The molecule has 0 amide bonds. The van der Waals surface area contributed by atoms with E-state index in [1.165, 1.54) is 16.7 Å². The lowest BCUT2D eigenvalue weighted by Gasteiger charge is -2.04. The predicted molar refractivity (Wildman–Crippen MR) is 53.9 cm³/mol. The Morgan fingerprint density at radius 2 is 2.00 bits per heavy atom. The molecule has 1 heteroatoms. The Bertz CT molecular complexity index is 287. The molecular weight excluding hydrogens is 146 g/mol. The minimum atomic E-state index is 1.27. The van der Waals surface area contributed by atoms with E-state index in [1.807, 2.05) is 13.2 Å². The third-order valence-electron chi connectivity index (χ3n) is 1.93. The molecule has 0 saturated carbocycles. The topological polar surface area (TPSA) is 12.0 Å². The zero-order chi connectivity index (χ0) is 8.97. The molecule has 0 aliphatic carbocycles. The highest BCUT2D eigenvalue weighted by Crippen LogP contribution is 2.16. The molecule has 1 nitrogen and oxygen atoms in total. The van der Waals surface area contributed by atoms with Crippen molar-refractivity contribution in [1.82, 2.24) is 5.32 Å². The Kier molecular flexibility index (Phi) is 2.92. The fourth-order valence-electron chi connectivity index (χ4n) is 1.31. The lowest BCUT2D eigenvalue weighted by Crippen LogP contribution is -1.95. The van der Waals surface area contributed by atoms with Crippen molar-refractivity contribution in [2.45, 2.75) is 13.8 Å². The van der Waals surface area contributed by atoms with Crippen molar-refractivity contribution in [3.63, 3.8) is 0 Å². The normalized spacial score (nSPS) is 11.4. The van der Waals surface area contributed by atoms with Gasteiger partial charge in [-0.25, -0.2) is 0 Å². The van der Waals surface area contributed by atoms with E-state index in [0.717, 1.165) is 0 Å². The van der Waals surface area contributed by atoms with Crippen molar-refractivity contribution in [1.29, 1.82) is 0 Å². The lowest BCUT2D eigenvalue weighted by atomic mass is 10.0. The molecule has 0 aliphatic rings. The number of allylic oxidation sites excluding steroid dienone is 1. The zero-order valence-corrected chi connectivity index (χ0v) is 7.89. The minimum absolute atomic E-state index is 1.27. The quantitative estimate of drug-likeness (QED) is 0.703. The Hall–Kier alpha value is -1.24. The second-order valence-electron chi connectivity index (χ2n) is 2.93. The maximum atomic E-state index is 3.03. The van der Waals surface area contributed by atoms with Crippen molar-refractivity contribution in [3.8, 4) is 0 Å². The first-order valence-corrected chi connectivity index (χ1v) is 4.15. The molecule has 1 aromatic rings. The molecule has 12 heavy (non-hydrogen) atoms. The van der Waals surface area contributed by atoms with Crippen molar-refractivity contribution in [2.75, 3.05) is 7.05 Å². The van der Waals surface area contributed by atoms with Gasteiger partial charge in [-0.05, 0) is 36.7 Å². The molecular formula is C11H15N. The molecule has 1 rings (SSSR count). The van der Waals surface area contributed by atoms with E-state index in [1.54, 1.807) is 0 Å². The third kappa shape index (κ3) is 1.88. The highest BCUT2D eigenvalue weighted by Gasteiger charge is 1.96. The second-order valence-corrected chi connectivity index (χ2v) is 2.93. The molecule has 0 atom stereocenters. The van der Waals surface area contributed by atoms with Gasteiger partial charge in [-0.2, -0.15) is 0 Å². The van der Waals surface area contributed by atoms with Gasteiger partial charge in [0.25, 0.3) is 0 Å². The van der Waals surface area contributed by atoms with E-state index < -0.39 is 0 Å². The summed E-state index contributed by atoms with van der Waals surface area (Å²) in [6, 6.07) is 8.39. The standard InChI is InChI=1S/C11H15N/c1-9-6-4-5-7-11(9)10(2)8-12-3/h4-8,12H,1-3H3/b10-8+. The Morgan fingerprint density at radius 3 is 2.58 bits per heavy atom. The molecule has 0 unspecified atom stereocenters. The number of rotatable bonds is 2. The van der Waals surface area contributed by atoms with Crippen LogP contribution in [0.15, 0.2) is 30.5 Å². The fourth-order valence-corrected chi connectivity index (χ4v) is 1.31. The van der Waals surface area contributed by atoms with Crippen LogP contribution >= 0.6 is 0 Å². The van der Waals surface area contributed by atoms with E-state index in [9.17, 15) is 0 Å². The van der Waals surface area contributed by atoms with Crippen LogP contribution in [0.1, 0.15) is 18.1 Å². The van der Waals surface area contributed by atoms with Crippen molar-refractivity contribution >= 4 is 5.57 Å². The predicted octanol–water partition coefficient (Wildman–Crippen LogP) is 2.58. The van der Waals surface area contributed by atoms with Crippen LogP contribution in [0.3, 0.4) is 0 Å². The van der Waals surface area contributed by atoms with Gasteiger partial charge < -0.3 is 5.32 Å². The minimum Gasteiger partial charge on any atom is -0.394 e. The SMILES string of the molecule is CN/C=C(\C)c1ccccc1C. The highest BCUT2D eigenvalue weighted by atomic mass is 14.8. The molecule has 0 aliphatic heterocycles. The maximum Gasteiger partial charge on any atom is 0.00278 e. The average Bonchev–Trinajstić information content (AvgIpc) is 2.05. The maximum absolute atomic E-state index is 3.03. The number of aryl methyl sites for hydroxylation is 1. The van der Waals surface area contributed by atoms with Gasteiger partial charge in [0, 0.05) is 7.05 Å². The molecule has 64 valence electrons. The summed E-state index contributed by atoms with van der Waals surface area (Å²) in [5, 5.41) is 3.03. The van der Waals surface area contributed by atoms with Crippen LogP contribution in [0, 0.1) is 6.92 Å². The number of hydrogen-bond donors (Lipinski definition) is 1. The molecule has 0 heterocycles. The van der Waals surface area contributed by atoms with Crippen molar-refractivity contribution in [2.24, 2.45) is 0 Å². The number of benzene rings is 1. The molecule has 0 fully saturated rings. The van der Waals surface area contributed by atoms with Gasteiger partial charge in [-0.3, -0.25) is 0 Å². The van der Waals surface area contributed by atoms with E-state index in [0.29, 0.717) is 0 Å². The summed E-state index contributed by atoms with van der Waals surface area (Å²) >= 11 is 0. The largest absolute Gasteiger partial charge is 0.394 e. The summed E-state index contributed by atoms with van der Waals surface area (Å²) in [5.74, 6) is 0. The van der Waals surface area contributed by atoms with Crippen LogP contribution < -0.4 is 5.32 Å². The summed E-state index contributed by atoms with van der Waals surface area (Å²) in [6.07, 6.45) is 2.02. The van der Waals surface area contributed by atoms with E-state index in [4.69, 9.17) is 0 Å². The van der Waals surface area contributed by atoms with Gasteiger partial charge in [-0.1, -0.05) is 24.3 Å². The molecule has 0 radical (unpaired) electrons. The molecule has 0 spiro atoms. The lowest BCUT2D eigenvalue weighted by molar-refractivity contribution is 1.10. The monoisotopic (exact) mass is 161 g/mol. The van der Waals surface area contributed by atoms with Crippen LogP contribution in [0.25, 0.3) is 5.57 Å². The summed E-state index contributed by atoms with van der Waals surface area (Å²) in [5.41, 5.74) is 3.91. The van der Waals surface area contributed by atoms with E-state index >= 15 is 0 Å². The first kappa shape index (κ1) is 8.85. The van der Waals surface area contributed by atoms with E-state index in [-0.39, 0.29) is 0 Å². The highest BCUT2D eigenvalue weighted by molar-refractivity contribution is 5.65. The Balaban J connectivity index is 3.02.